The highest BCUT2D eigenvalue weighted by Crippen LogP contribution is 2.27. The maximum absolute atomic E-state index is 5.55. The Hall–Kier alpha value is -0.810. The summed E-state index contributed by atoms with van der Waals surface area (Å²) in [5, 5.41) is 3.47. The van der Waals surface area contributed by atoms with Crippen LogP contribution in [-0.2, 0) is 4.74 Å². The van der Waals surface area contributed by atoms with Crippen LogP contribution in [0.2, 0.25) is 0 Å². The highest BCUT2D eigenvalue weighted by molar-refractivity contribution is 5.79. The van der Waals surface area contributed by atoms with E-state index in [1.165, 1.54) is 32.1 Å². The van der Waals surface area contributed by atoms with E-state index in [1.54, 1.807) is 7.11 Å². The van der Waals surface area contributed by atoms with Gasteiger partial charge in [0.2, 0.25) is 5.96 Å². The topological polar surface area (TPSA) is 71.7 Å². The van der Waals surface area contributed by atoms with Crippen molar-refractivity contribution >= 4 is 5.96 Å². The molecular weight excluding hydrogens is 240 g/mol. The minimum Gasteiger partial charge on any atom is -0.385 e. The van der Waals surface area contributed by atoms with Crippen molar-refractivity contribution in [3.8, 4) is 0 Å². The summed E-state index contributed by atoms with van der Waals surface area (Å²) < 4.78 is 5.01. The molecule has 5 nitrogen and oxygen atoms in total. The van der Waals surface area contributed by atoms with Gasteiger partial charge in [-0.3, -0.25) is 10.4 Å². The third-order valence-corrected chi connectivity index (χ3v) is 3.89. The van der Waals surface area contributed by atoms with Crippen molar-refractivity contribution in [2.24, 2.45) is 16.8 Å². The number of nitrogens with one attached hydrogen (secondary N) is 2. The Bertz CT molecular complexity index is 252. The Balaban J connectivity index is 2.41. The van der Waals surface area contributed by atoms with Crippen molar-refractivity contribution in [2.45, 2.75) is 57.9 Å². The Morgan fingerprint density at radius 1 is 1.37 bits per heavy atom. The first-order valence-corrected chi connectivity index (χ1v) is 7.58. The molecule has 0 aromatic carbocycles. The minimum atomic E-state index is 0.484. The van der Waals surface area contributed by atoms with E-state index in [1.807, 2.05) is 0 Å². The molecule has 1 unspecified atom stereocenters. The van der Waals surface area contributed by atoms with Gasteiger partial charge in [0, 0.05) is 26.3 Å². The first kappa shape index (κ1) is 16.2. The van der Waals surface area contributed by atoms with Crippen LogP contribution in [0.5, 0.6) is 0 Å². The molecule has 19 heavy (non-hydrogen) atoms. The van der Waals surface area contributed by atoms with Crippen molar-refractivity contribution in [1.29, 1.82) is 0 Å². The minimum absolute atomic E-state index is 0.484. The number of aliphatic imine (C=N–C) groups is 1. The number of nitrogens with two attached hydrogens (primary N) is 1. The van der Waals surface area contributed by atoms with Crippen molar-refractivity contribution < 1.29 is 4.74 Å². The monoisotopic (exact) mass is 270 g/mol. The lowest BCUT2D eigenvalue weighted by Crippen LogP contribution is -2.49. The fourth-order valence-electron chi connectivity index (χ4n) is 2.80. The van der Waals surface area contributed by atoms with Crippen molar-refractivity contribution in [1.82, 2.24) is 10.7 Å². The van der Waals surface area contributed by atoms with E-state index in [-0.39, 0.29) is 0 Å². The molecule has 0 spiro atoms. The summed E-state index contributed by atoms with van der Waals surface area (Å²) in [6.07, 6.45) is 8.80. The summed E-state index contributed by atoms with van der Waals surface area (Å²) in [7, 11) is 1.71. The Morgan fingerprint density at radius 2 is 2.11 bits per heavy atom. The van der Waals surface area contributed by atoms with Crippen LogP contribution in [0.3, 0.4) is 0 Å². The number of hydrogen-bond acceptors (Lipinski definition) is 3. The molecule has 0 radical (unpaired) electrons. The average Bonchev–Trinajstić information content (AvgIpc) is 2.47. The summed E-state index contributed by atoms with van der Waals surface area (Å²) in [5.74, 6) is 7.02. The first-order valence-electron chi connectivity index (χ1n) is 7.58. The molecule has 0 aromatic rings. The molecule has 1 atom stereocenters. The van der Waals surface area contributed by atoms with Gasteiger partial charge in [-0.2, -0.15) is 0 Å². The molecule has 0 aromatic heterocycles. The summed E-state index contributed by atoms with van der Waals surface area (Å²) in [6, 6.07) is 0.484. The third kappa shape index (κ3) is 6.25. The number of hydrogen-bond donors (Lipinski definition) is 3. The third-order valence-electron chi connectivity index (χ3n) is 3.89. The Morgan fingerprint density at radius 3 is 2.68 bits per heavy atom. The summed E-state index contributed by atoms with van der Waals surface area (Å²) in [4.78, 5) is 4.45. The molecular formula is C14H30N4O. The molecule has 0 bridgehead atoms. The molecule has 1 fully saturated rings. The number of nitrogens with zero attached hydrogens (tertiary/aromatic N) is 1. The zero-order valence-corrected chi connectivity index (χ0v) is 12.5. The fourth-order valence-corrected chi connectivity index (χ4v) is 2.80. The van der Waals surface area contributed by atoms with E-state index in [0.29, 0.717) is 12.0 Å². The molecule has 0 amide bonds. The number of ether oxygens (including phenoxy) is 1. The van der Waals surface area contributed by atoms with Crippen LogP contribution in [0.4, 0.5) is 0 Å². The maximum Gasteiger partial charge on any atom is 0.205 e. The summed E-state index contributed by atoms with van der Waals surface area (Å²) >= 11 is 0. The molecule has 5 heteroatoms. The van der Waals surface area contributed by atoms with Gasteiger partial charge in [0.05, 0.1) is 0 Å². The maximum atomic E-state index is 5.55. The number of rotatable bonds is 7. The standard InChI is InChI=1S/C14H30N4O/c1-3-13(12-8-5-4-6-9-12)17-14(18-15)16-10-7-11-19-2/h12-13H,3-11,15H2,1-2H3,(H2,16,17,18). The van der Waals surface area contributed by atoms with Crippen LogP contribution < -0.4 is 16.6 Å². The number of guanidine groups is 1. The van der Waals surface area contributed by atoms with Crippen molar-refractivity contribution in [2.75, 3.05) is 20.3 Å². The van der Waals surface area contributed by atoms with Gasteiger partial charge in [0.15, 0.2) is 0 Å². The quantitative estimate of drug-likeness (QED) is 0.217. The normalized spacial score (nSPS) is 19.2. The average molecular weight is 270 g/mol. The van der Waals surface area contributed by atoms with Gasteiger partial charge in [0.25, 0.3) is 0 Å². The van der Waals surface area contributed by atoms with Gasteiger partial charge >= 0.3 is 0 Å². The van der Waals surface area contributed by atoms with Crippen LogP contribution in [0.1, 0.15) is 51.9 Å². The van der Waals surface area contributed by atoms with E-state index in [2.05, 4.69) is 22.7 Å². The molecule has 1 rings (SSSR count). The fraction of sp³-hybridized carbons (Fsp3) is 0.929. The van der Waals surface area contributed by atoms with Gasteiger partial charge < -0.3 is 10.1 Å². The lowest BCUT2D eigenvalue weighted by Gasteiger charge is -2.31. The smallest absolute Gasteiger partial charge is 0.205 e. The second kappa shape index (κ2) is 10.0. The lowest BCUT2D eigenvalue weighted by molar-refractivity contribution is 0.197. The van der Waals surface area contributed by atoms with Crippen LogP contribution in [0, 0.1) is 5.92 Å². The van der Waals surface area contributed by atoms with Crippen molar-refractivity contribution in [3.63, 3.8) is 0 Å². The summed E-state index contributed by atoms with van der Waals surface area (Å²) in [6.45, 7) is 3.70. The van der Waals surface area contributed by atoms with Crippen LogP contribution in [-0.4, -0.2) is 32.3 Å². The Kier molecular flexibility index (Phi) is 8.58. The Labute approximate surface area is 117 Å². The van der Waals surface area contributed by atoms with E-state index < -0.39 is 0 Å². The van der Waals surface area contributed by atoms with E-state index in [4.69, 9.17) is 10.6 Å². The van der Waals surface area contributed by atoms with Gasteiger partial charge in [0.1, 0.15) is 0 Å². The van der Waals surface area contributed by atoms with Gasteiger partial charge in [-0.15, -0.1) is 0 Å². The number of hydrazine groups is 1. The molecule has 0 aliphatic heterocycles. The lowest BCUT2D eigenvalue weighted by atomic mass is 9.83. The molecule has 1 aliphatic rings. The predicted molar refractivity (Wildman–Crippen MR) is 79.9 cm³/mol. The van der Waals surface area contributed by atoms with Crippen LogP contribution in [0.25, 0.3) is 0 Å². The van der Waals surface area contributed by atoms with Gasteiger partial charge in [-0.1, -0.05) is 26.2 Å². The molecule has 4 N–H and O–H groups in total. The number of methoxy groups -OCH3 is 1. The molecule has 0 saturated heterocycles. The SMILES string of the molecule is CCC(NC(=NCCCOC)NN)C1CCCCC1. The van der Waals surface area contributed by atoms with Crippen LogP contribution in [0.15, 0.2) is 4.99 Å². The molecule has 112 valence electrons. The predicted octanol–water partition coefficient (Wildman–Crippen LogP) is 1.79. The zero-order chi connectivity index (χ0) is 13.9. The summed E-state index contributed by atoms with van der Waals surface area (Å²) in [5.41, 5.74) is 2.68. The molecule has 0 heterocycles. The van der Waals surface area contributed by atoms with Gasteiger partial charge in [-0.25, -0.2) is 5.84 Å². The molecule has 1 saturated carbocycles. The largest absolute Gasteiger partial charge is 0.385 e. The van der Waals surface area contributed by atoms with E-state index in [0.717, 1.165) is 31.9 Å². The van der Waals surface area contributed by atoms with E-state index in [9.17, 15) is 0 Å². The first-order chi connectivity index (χ1) is 9.31. The highest BCUT2D eigenvalue weighted by atomic mass is 16.5. The molecule has 1 aliphatic carbocycles. The second-order valence-corrected chi connectivity index (χ2v) is 5.28. The van der Waals surface area contributed by atoms with Gasteiger partial charge in [-0.05, 0) is 31.6 Å². The highest BCUT2D eigenvalue weighted by Gasteiger charge is 2.22. The second-order valence-electron chi connectivity index (χ2n) is 5.28. The van der Waals surface area contributed by atoms with Crippen molar-refractivity contribution in [3.05, 3.63) is 0 Å². The van der Waals surface area contributed by atoms with E-state index >= 15 is 0 Å². The van der Waals surface area contributed by atoms with Crippen LogP contribution >= 0.6 is 0 Å². The zero-order valence-electron chi connectivity index (χ0n) is 12.5.